The molecule has 0 radical (unpaired) electrons. The van der Waals surface area contributed by atoms with Gasteiger partial charge in [-0.15, -0.1) is 0 Å². The summed E-state index contributed by atoms with van der Waals surface area (Å²) >= 11 is 0. The Hall–Kier alpha value is -0.0151. The van der Waals surface area contributed by atoms with E-state index in [0.717, 1.165) is 25.6 Å². The maximum Gasteiger partial charge on any atom is 0.454 e. The molecule has 72 valence electrons. The highest BCUT2D eigenvalue weighted by Crippen LogP contribution is 2.03. The van der Waals surface area contributed by atoms with Gasteiger partial charge >= 0.3 is 7.12 Å². The van der Waals surface area contributed by atoms with Crippen molar-refractivity contribution >= 4 is 7.12 Å². The molecule has 0 amide bonds. The first-order valence-electron chi connectivity index (χ1n) is 5.11. The van der Waals surface area contributed by atoms with E-state index in [1.54, 1.807) is 0 Å². The predicted molar refractivity (Wildman–Crippen MR) is 53.2 cm³/mol. The third-order valence-electron chi connectivity index (χ3n) is 1.86. The molecule has 0 saturated heterocycles. The van der Waals surface area contributed by atoms with Crippen molar-refractivity contribution in [2.45, 2.75) is 52.3 Å². The van der Waals surface area contributed by atoms with Gasteiger partial charge in [0.2, 0.25) is 0 Å². The van der Waals surface area contributed by atoms with Crippen LogP contribution >= 0.6 is 0 Å². The van der Waals surface area contributed by atoms with Crippen molar-refractivity contribution in [3.8, 4) is 0 Å². The lowest BCUT2D eigenvalue weighted by Gasteiger charge is -2.06. The van der Waals surface area contributed by atoms with E-state index in [0.29, 0.717) is 6.61 Å². The van der Waals surface area contributed by atoms with E-state index in [9.17, 15) is 5.02 Å². The van der Waals surface area contributed by atoms with Gasteiger partial charge in [-0.2, -0.15) is 0 Å². The summed E-state index contributed by atoms with van der Waals surface area (Å²) in [5, 5.41) is 9.28. The van der Waals surface area contributed by atoms with E-state index >= 15 is 0 Å². The van der Waals surface area contributed by atoms with Crippen molar-refractivity contribution in [3.63, 3.8) is 0 Å². The minimum atomic E-state index is -0.525. The van der Waals surface area contributed by atoms with Crippen molar-refractivity contribution in [3.05, 3.63) is 0 Å². The summed E-state index contributed by atoms with van der Waals surface area (Å²) in [4.78, 5) is 0. The molecule has 0 bridgehead atoms. The second-order valence-electron chi connectivity index (χ2n) is 3.17. The summed E-state index contributed by atoms with van der Waals surface area (Å²) in [6.07, 6.45) is 6.42. The van der Waals surface area contributed by atoms with Gasteiger partial charge in [0.05, 0.1) is 0 Å². The fourth-order valence-corrected chi connectivity index (χ4v) is 1.02. The largest absolute Gasteiger partial charge is 0.454 e. The monoisotopic (exact) mass is 172 g/mol. The lowest BCUT2D eigenvalue weighted by molar-refractivity contribution is 0.252. The Labute approximate surface area is 76.5 Å². The molecule has 0 spiro atoms. The molecule has 12 heavy (non-hydrogen) atoms. The maximum absolute atomic E-state index is 9.28. The third kappa shape index (κ3) is 8.09. The molecular weight excluding hydrogens is 151 g/mol. The molecule has 0 atom stereocenters. The molecular formula is C9H21BO2. The van der Waals surface area contributed by atoms with Crippen molar-refractivity contribution in [1.29, 1.82) is 0 Å². The highest BCUT2D eigenvalue weighted by molar-refractivity contribution is 6.42. The van der Waals surface area contributed by atoms with Crippen molar-refractivity contribution in [2.24, 2.45) is 0 Å². The van der Waals surface area contributed by atoms with E-state index in [2.05, 4.69) is 13.8 Å². The second kappa shape index (κ2) is 9.08. The van der Waals surface area contributed by atoms with Gasteiger partial charge in [-0.1, -0.05) is 39.5 Å². The van der Waals surface area contributed by atoms with Gasteiger partial charge in [0.25, 0.3) is 0 Å². The molecule has 0 unspecified atom stereocenters. The molecule has 0 aromatic carbocycles. The normalized spacial score (nSPS) is 10.2. The highest BCUT2D eigenvalue weighted by atomic mass is 16.5. The van der Waals surface area contributed by atoms with E-state index in [-0.39, 0.29) is 0 Å². The van der Waals surface area contributed by atoms with Gasteiger partial charge in [0, 0.05) is 6.61 Å². The van der Waals surface area contributed by atoms with E-state index in [4.69, 9.17) is 4.65 Å². The van der Waals surface area contributed by atoms with Gasteiger partial charge in [0.15, 0.2) is 0 Å². The summed E-state index contributed by atoms with van der Waals surface area (Å²) < 4.78 is 5.18. The summed E-state index contributed by atoms with van der Waals surface area (Å²) in [6, 6.07) is 0. The first kappa shape index (κ1) is 12.0. The minimum absolute atomic E-state index is 0.525. The summed E-state index contributed by atoms with van der Waals surface area (Å²) in [6.45, 7) is 4.97. The molecule has 1 N–H and O–H groups in total. The molecule has 0 aliphatic rings. The van der Waals surface area contributed by atoms with Crippen LogP contribution in [-0.4, -0.2) is 18.7 Å². The van der Waals surface area contributed by atoms with Crippen LogP contribution in [-0.2, 0) is 4.65 Å². The van der Waals surface area contributed by atoms with Gasteiger partial charge in [0.1, 0.15) is 0 Å². The van der Waals surface area contributed by atoms with E-state index in [1.165, 1.54) is 12.8 Å². The smallest absolute Gasteiger partial charge is 0.427 e. The molecule has 0 fully saturated rings. The number of rotatable bonds is 8. The molecule has 0 aliphatic heterocycles. The number of hydrogen-bond acceptors (Lipinski definition) is 2. The summed E-state index contributed by atoms with van der Waals surface area (Å²) in [7, 11) is -0.525. The quantitative estimate of drug-likeness (QED) is 0.450. The predicted octanol–water partition coefficient (Wildman–Crippen LogP) is 2.47. The number of unbranched alkanes of at least 4 members (excludes halogenated alkanes) is 3. The Morgan fingerprint density at radius 3 is 2.33 bits per heavy atom. The Kier molecular flexibility index (Phi) is 9.06. The molecule has 0 heterocycles. The molecule has 0 saturated carbocycles. The average Bonchev–Trinajstić information content (AvgIpc) is 2.06. The van der Waals surface area contributed by atoms with Gasteiger partial charge in [-0.25, -0.2) is 0 Å². The van der Waals surface area contributed by atoms with Gasteiger partial charge in [-0.3, -0.25) is 0 Å². The van der Waals surface area contributed by atoms with Gasteiger partial charge < -0.3 is 9.68 Å². The second-order valence-corrected chi connectivity index (χ2v) is 3.17. The van der Waals surface area contributed by atoms with Crippen LogP contribution in [0.15, 0.2) is 0 Å². The minimum Gasteiger partial charge on any atom is -0.427 e. The van der Waals surface area contributed by atoms with Crippen LogP contribution in [0, 0.1) is 0 Å². The van der Waals surface area contributed by atoms with Crippen LogP contribution < -0.4 is 0 Å². The standard InChI is InChI=1S/C9H21BO2/c1-3-5-7-8-10(11)12-9-6-4-2/h11H,3-9H2,1-2H3. The SMILES string of the molecule is CCCCCB(O)OCCCC. The van der Waals surface area contributed by atoms with Crippen molar-refractivity contribution in [2.75, 3.05) is 6.61 Å². The lowest BCUT2D eigenvalue weighted by atomic mass is 9.82. The van der Waals surface area contributed by atoms with Gasteiger partial charge in [-0.05, 0) is 12.7 Å². The molecule has 0 aromatic heterocycles. The fraction of sp³-hybridized carbons (Fsp3) is 1.00. The molecule has 0 aromatic rings. The first-order valence-corrected chi connectivity index (χ1v) is 5.11. The van der Waals surface area contributed by atoms with Crippen LogP contribution in [0.4, 0.5) is 0 Å². The lowest BCUT2D eigenvalue weighted by Crippen LogP contribution is -2.17. The van der Waals surface area contributed by atoms with Crippen LogP contribution in [0.1, 0.15) is 46.0 Å². The average molecular weight is 172 g/mol. The van der Waals surface area contributed by atoms with E-state index in [1.807, 2.05) is 0 Å². The van der Waals surface area contributed by atoms with Crippen molar-refractivity contribution in [1.82, 2.24) is 0 Å². The summed E-state index contributed by atoms with van der Waals surface area (Å²) in [5.74, 6) is 0. The molecule has 0 aliphatic carbocycles. The zero-order chi connectivity index (χ0) is 9.23. The van der Waals surface area contributed by atoms with Crippen LogP contribution in [0.3, 0.4) is 0 Å². The van der Waals surface area contributed by atoms with Crippen LogP contribution in [0.2, 0.25) is 6.32 Å². The van der Waals surface area contributed by atoms with Crippen LogP contribution in [0.25, 0.3) is 0 Å². The highest BCUT2D eigenvalue weighted by Gasteiger charge is 2.10. The Bertz CT molecular complexity index is 78.6. The first-order chi connectivity index (χ1) is 5.81. The maximum atomic E-state index is 9.28. The molecule has 3 heteroatoms. The summed E-state index contributed by atoms with van der Waals surface area (Å²) in [5.41, 5.74) is 0. The topological polar surface area (TPSA) is 29.5 Å². The zero-order valence-corrected chi connectivity index (χ0v) is 8.38. The molecule has 2 nitrogen and oxygen atoms in total. The van der Waals surface area contributed by atoms with Crippen molar-refractivity contribution < 1.29 is 9.68 Å². The Morgan fingerprint density at radius 1 is 1.08 bits per heavy atom. The zero-order valence-electron chi connectivity index (χ0n) is 8.38. The molecule has 0 rings (SSSR count). The fourth-order valence-electron chi connectivity index (χ4n) is 1.02. The Balaban J connectivity index is 3.04. The third-order valence-corrected chi connectivity index (χ3v) is 1.86. The number of hydrogen-bond donors (Lipinski definition) is 1. The van der Waals surface area contributed by atoms with E-state index < -0.39 is 7.12 Å². The van der Waals surface area contributed by atoms with Crippen LogP contribution in [0.5, 0.6) is 0 Å². The Morgan fingerprint density at radius 2 is 1.75 bits per heavy atom.